The molecule has 118 valence electrons. The van der Waals surface area contributed by atoms with Crippen molar-refractivity contribution in [2.75, 3.05) is 12.5 Å². The maximum Gasteiger partial charge on any atom is 0.338 e. The van der Waals surface area contributed by atoms with Crippen molar-refractivity contribution >= 4 is 39.5 Å². The van der Waals surface area contributed by atoms with Crippen molar-refractivity contribution in [1.29, 1.82) is 0 Å². The molecule has 2 amide bonds. The standard InChI is InChI=1S/C15H16BrClN2O3/c1-9-12(14(20)22-8-4-7-17)13(19-15(21)18-9)10-5-2-3-6-11(10)16/h2-3,5-6,13H,4,7-8H2,1H3,(H2,18,19,21). The van der Waals surface area contributed by atoms with Crippen LogP contribution in [0.3, 0.4) is 0 Å². The van der Waals surface area contributed by atoms with Crippen molar-refractivity contribution in [3.8, 4) is 0 Å². The summed E-state index contributed by atoms with van der Waals surface area (Å²) in [4.78, 5) is 24.1. The van der Waals surface area contributed by atoms with E-state index in [0.717, 1.165) is 10.0 Å². The highest BCUT2D eigenvalue weighted by Crippen LogP contribution is 2.32. The zero-order valence-electron chi connectivity index (χ0n) is 12.0. The van der Waals surface area contributed by atoms with Gasteiger partial charge in [-0.1, -0.05) is 34.1 Å². The van der Waals surface area contributed by atoms with Gasteiger partial charge in [-0.05, 0) is 25.0 Å². The van der Waals surface area contributed by atoms with Crippen LogP contribution in [-0.4, -0.2) is 24.5 Å². The van der Waals surface area contributed by atoms with Crippen molar-refractivity contribution < 1.29 is 14.3 Å². The molecule has 0 aromatic heterocycles. The first-order valence-electron chi connectivity index (χ1n) is 6.80. The van der Waals surface area contributed by atoms with Crippen molar-refractivity contribution in [1.82, 2.24) is 10.6 Å². The van der Waals surface area contributed by atoms with E-state index in [2.05, 4.69) is 26.6 Å². The van der Waals surface area contributed by atoms with Crippen molar-refractivity contribution in [3.05, 3.63) is 45.6 Å². The Balaban J connectivity index is 2.33. The third-order valence-corrected chi connectivity index (χ3v) is 4.21. The first-order valence-corrected chi connectivity index (χ1v) is 8.13. The molecule has 1 unspecified atom stereocenters. The van der Waals surface area contributed by atoms with Crippen LogP contribution in [0.5, 0.6) is 0 Å². The number of ether oxygens (including phenoxy) is 1. The number of hydrogen-bond donors (Lipinski definition) is 2. The number of esters is 1. The van der Waals surface area contributed by atoms with Gasteiger partial charge in [0, 0.05) is 16.0 Å². The number of benzene rings is 1. The van der Waals surface area contributed by atoms with Gasteiger partial charge in [0.05, 0.1) is 18.2 Å². The summed E-state index contributed by atoms with van der Waals surface area (Å²) in [6.07, 6.45) is 0.582. The lowest BCUT2D eigenvalue weighted by Crippen LogP contribution is -2.45. The number of nitrogens with one attached hydrogen (secondary N) is 2. The molecule has 0 fully saturated rings. The van der Waals surface area contributed by atoms with Gasteiger partial charge in [-0.15, -0.1) is 11.6 Å². The molecule has 1 heterocycles. The zero-order chi connectivity index (χ0) is 16.1. The highest BCUT2D eigenvalue weighted by atomic mass is 79.9. The maximum absolute atomic E-state index is 12.4. The van der Waals surface area contributed by atoms with Crippen LogP contribution in [0.4, 0.5) is 4.79 Å². The maximum atomic E-state index is 12.4. The van der Waals surface area contributed by atoms with Crippen molar-refractivity contribution in [3.63, 3.8) is 0 Å². The third kappa shape index (κ3) is 3.81. The Kier molecular flexibility index (Phi) is 5.85. The van der Waals surface area contributed by atoms with Crippen LogP contribution in [0.15, 0.2) is 40.0 Å². The Labute approximate surface area is 142 Å². The number of carbonyl (C=O) groups excluding carboxylic acids is 2. The summed E-state index contributed by atoms with van der Waals surface area (Å²) in [5.74, 6) is -0.0376. The van der Waals surface area contributed by atoms with Crippen LogP contribution in [0, 0.1) is 0 Å². The molecule has 2 N–H and O–H groups in total. The van der Waals surface area contributed by atoms with Crippen LogP contribution < -0.4 is 10.6 Å². The summed E-state index contributed by atoms with van der Waals surface area (Å²) >= 11 is 9.03. The summed E-state index contributed by atoms with van der Waals surface area (Å²) < 4.78 is 6.04. The number of allylic oxidation sites excluding steroid dienone is 1. The fraction of sp³-hybridized carbons (Fsp3) is 0.333. The first-order chi connectivity index (χ1) is 10.5. The van der Waals surface area contributed by atoms with E-state index in [4.69, 9.17) is 16.3 Å². The molecular weight excluding hydrogens is 372 g/mol. The van der Waals surface area contributed by atoms with E-state index in [1.165, 1.54) is 0 Å². The van der Waals surface area contributed by atoms with Gasteiger partial charge in [0.15, 0.2) is 0 Å². The number of halogens is 2. The quantitative estimate of drug-likeness (QED) is 0.463. The lowest BCUT2D eigenvalue weighted by molar-refractivity contribution is -0.139. The molecule has 7 heteroatoms. The van der Waals surface area contributed by atoms with Crippen LogP contribution in [-0.2, 0) is 9.53 Å². The van der Waals surface area contributed by atoms with Crippen LogP contribution in [0.1, 0.15) is 24.9 Å². The average Bonchev–Trinajstić information content (AvgIpc) is 2.47. The van der Waals surface area contributed by atoms with Crippen molar-refractivity contribution in [2.24, 2.45) is 0 Å². The second kappa shape index (κ2) is 7.65. The van der Waals surface area contributed by atoms with Gasteiger partial charge in [0.1, 0.15) is 0 Å². The van der Waals surface area contributed by atoms with Crippen LogP contribution >= 0.6 is 27.5 Å². The largest absolute Gasteiger partial charge is 0.462 e. The molecule has 0 spiro atoms. The third-order valence-electron chi connectivity index (χ3n) is 3.22. The fourth-order valence-electron chi connectivity index (χ4n) is 2.20. The smallest absolute Gasteiger partial charge is 0.338 e. The fourth-order valence-corrected chi connectivity index (χ4v) is 2.83. The Bertz CT molecular complexity index is 619. The Hall–Kier alpha value is -1.53. The molecule has 22 heavy (non-hydrogen) atoms. The number of alkyl halides is 1. The second-order valence-corrected chi connectivity index (χ2v) is 6.00. The van der Waals surface area contributed by atoms with Crippen molar-refractivity contribution in [2.45, 2.75) is 19.4 Å². The van der Waals surface area contributed by atoms with Crippen LogP contribution in [0.2, 0.25) is 0 Å². The Morgan fingerprint density at radius 1 is 1.41 bits per heavy atom. The topological polar surface area (TPSA) is 67.4 Å². The number of hydrogen-bond acceptors (Lipinski definition) is 3. The minimum Gasteiger partial charge on any atom is -0.462 e. The van der Waals surface area contributed by atoms with E-state index in [0.29, 0.717) is 23.6 Å². The average molecular weight is 388 g/mol. The number of rotatable bonds is 5. The molecule has 1 aliphatic rings. The summed E-state index contributed by atoms with van der Waals surface area (Å²) in [6.45, 7) is 1.93. The van der Waals surface area contributed by atoms with E-state index >= 15 is 0 Å². The van der Waals surface area contributed by atoms with Crippen LogP contribution in [0.25, 0.3) is 0 Å². The predicted molar refractivity (Wildman–Crippen MR) is 87.5 cm³/mol. The van der Waals surface area contributed by atoms with Gasteiger partial charge in [-0.3, -0.25) is 0 Å². The summed E-state index contributed by atoms with van der Waals surface area (Å²) in [5.41, 5.74) is 1.67. The van der Waals surface area contributed by atoms with E-state index < -0.39 is 12.0 Å². The molecule has 0 radical (unpaired) electrons. The molecule has 0 saturated carbocycles. The minimum absolute atomic E-state index is 0.246. The molecular formula is C15H16BrClN2O3. The summed E-state index contributed by atoms with van der Waals surface area (Å²) in [7, 11) is 0. The van der Waals surface area contributed by atoms with E-state index in [-0.39, 0.29) is 12.6 Å². The second-order valence-electron chi connectivity index (χ2n) is 4.77. The molecule has 0 saturated heterocycles. The summed E-state index contributed by atoms with van der Waals surface area (Å²) in [6, 6.07) is 6.50. The Morgan fingerprint density at radius 2 is 2.14 bits per heavy atom. The SMILES string of the molecule is CC1=C(C(=O)OCCCCl)C(c2ccccc2Br)NC(=O)N1. The van der Waals surface area contributed by atoms with Gasteiger partial charge < -0.3 is 15.4 Å². The van der Waals surface area contributed by atoms with Gasteiger partial charge in [-0.2, -0.15) is 0 Å². The van der Waals surface area contributed by atoms with Gasteiger partial charge in [0.25, 0.3) is 0 Å². The lowest BCUT2D eigenvalue weighted by Gasteiger charge is -2.28. The lowest BCUT2D eigenvalue weighted by atomic mass is 9.95. The monoisotopic (exact) mass is 386 g/mol. The Morgan fingerprint density at radius 3 is 2.82 bits per heavy atom. The zero-order valence-corrected chi connectivity index (χ0v) is 14.3. The first kappa shape index (κ1) is 16.8. The summed E-state index contributed by atoms with van der Waals surface area (Å²) in [5, 5.41) is 5.37. The van der Waals surface area contributed by atoms with E-state index in [1.807, 2.05) is 24.3 Å². The predicted octanol–water partition coefficient (Wildman–Crippen LogP) is 3.25. The molecule has 1 atom stereocenters. The molecule has 2 rings (SSSR count). The van der Waals surface area contributed by atoms with E-state index in [9.17, 15) is 9.59 Å². The molecule has 0 bridgehead atoms. The molecule has 0 aliphatic carbocycles. The van der Waals surface area contributed by atoms with Gasteiger partial charge in [-0.25, -0.2) is 9.59 Å². The molecule has 1 aromatic carbocycles. The highest BCUT2D eigenvalue weighted by molar-refractivity contribution is 9.10. The molecule has 1 aliphatic heterocycles. The normalized spacial score (nSPS) is 17.8. The molecule has 1 aromatic rings. The number of carbonyl (C=O) groups is 2. The number of amides is 2. The molecule has 5 nitrogen and oxygen atoms in total. The highest BCUT2D eigenvalue weighted by Gasteiger charge is 2.33. The van der Waals surface area contributed by atoms with Gasteiger partial charge >= 0.3 is 12.0 Å². The number of urea groups is 1. The van der Waals surface area contributed by atoms with E-state index in [1.54, 1.807) is 6.92 Å². The van der Waals surface area contributed by atoms with Gasteiger partial charge in [0.2, 0.25) is 0 Å². The minimum atomic E-state index is -0.562.